The Morgan fingerprint density at radius 2 is 2.04 bits per heavy atom. The average molecular weight is 361 g/mol. The van der Waals surface area contributed by atoms with Crippen molar-refractivity contribution in [1.29, 1.82) is 0 Å². The number of amides is 1. The van der Waals surface area contributed by atoms with Gasteiger partial charge in [0.1, 0.15) is 6.04 Å². The van der Waals surface area contributed by atoms with Gasteiger partial charge in [-0.15, -0.1) is 0 Å². The van der Waals surface area contributed by atoms with Gasteiger partial charge in [0.25, 0.3) is 0 Å². The first-order valence-corrected chi connectivity index (χ1v) is 9.02. The molecule has 1 aliphatic carbocycles. The third-order valence-corrected chi connectivity index (χ3v) is 5.21. The molecule has 0 bridgehead atoms. The summed E-state index contributed by atoms with van der Waals surface area (Å²) in [5.74, 6) is -0.576. The first kappa shape index (κ1) is 17.7. The number of thiocarbonyl (C=S) groups is 1. The number of anilines is 1. The van der Waals surface area contributed by atoms with Crippen LogP contribution in [0.4, 0.5) is 5.69 Å². The Morgan fingerprint density at radius 1 is 1.32 bits per heavy atom. The Morgan fingerprint density at radius 3 is 2.76 bits per heavy atom. The van der Waals surface area contributed by atoms with Gasteiger partial charge >= 0.3 is 5.97 Å². The van der Waals surface area contributed by atoms with Gasteiger partial charge in [-0.2, -0.15) is 0 Å². The van der Waals surface area contributed by atoms with E-state index in [1.165, 1.54) is 7.11 Å². The Labute approximate surface area is 152 Å². The molecule has 1 heterocycles. The highest BCUT2D eigenvalue weighted by Gasteiger charge is 2.44. The van der Waals surface area contributed by atoms with Gasteiger partial charge in [-0.3, -0.25) is 9.59 Å². The maximum atomic E-state index is 12.6. The molecule has 3 atom stereocenters. The van der Waals surface area contributed by atoms with Crippen LogP contribution in [0, 0.1) is 0 Å². The van der Waals surface area contributed by atoms with E-state index >= 15 is 0 Å². The Kier molecular flexibility index (Phi) is 5.53. The van der Waals surface area contributed by atoms with Gasteiger partial charge in [0.15, 0.2) is 5.11 Å². The minimum absolute atomic E-state index is 0.0117. The standard InChI is InChI=1S/C18H23N3O3S/c1-24-16(22)11-15-17(23)20-13-9-5-6-10-14(13)21(15)18(25)19-12-7-3-2-4-8-12/h2-4,7-8,13-15H,5-6,9-11H2,1H3,(H,19,25)(H,20,23)/t13-,14-,15-/m0/s1. The summed E-state index contributed by atoms with van der Waals surface area (Å²) in [7, 11) is 1.33. The topological polar surface area (TPSA) is 70.7 Å². The number of carbonyl (C=O) groups excluding carboxylic acids is 2. The molecule has 0 spiro atoms. The van der Waals surface area contributed by atoms with Crippen molar-refractivity contribution in [3.8, 4) is 0 Å². The third-order valence-electron chi connectivity index (χ3n) is 4.90. The molecular formula is C18H23N3O3S. The number of methoxy groups -OCH3 is 1. The zero-order valence-electron chi connectivity index (χ0n) is 14.2. The number of nitrogens with zero attached hydrogens (tertiary/aromatic N) is 1. The molecule has 1 saturated heterocycles. The number of benzene rings is 1. The smallest absolute Gasteiger partial charge is 0.308 e. The number of piperazine rings is 1. The Bertz CT molecular complexity index is 652. The van der Waals surface area contributed by atoms with Gasteiger partial charge in [-0.1, -0.05) is 31.0 Å². The zero-order valence-corrected chi connectivity index (χ0v) is 15.1. The summed E-state index contributed by atoms with van der Waals surface area (Å²) in [5, 5.41) is 6.76. The summed E-state index contributed by atoms with van der Waals surface area (Å²) in [5.41, 5.74) is 0.864. The van der Waals surface area contributed by atoms with E-state index in [-0.39, 0.29) is 24.4 Å². The van der Waals surface area contributed by atoms with E-state index in [1.54, 1.807) is 0 Å². The molecule has 2 aliphatic rings. The zero-order chi connectivity index (χ0) is 17.8. The molecule has 2 fully saturated rings. The summed E-state index contributed by atoms with van der Waals surface area (Å²) in [6.07, 6.45) is 4.05. The number of esters is 1. The van der Waals surface area contributed by atoms with Crippen LogP contribution in [0.3, 0.4) is 0 Å². The van der Waals surface area contributed by atoms with Crippen molar-refractivity contribution in [2.24, 2.45) is 0 Å². The van der Waals surface area contributed by atoms with E-state index in [0.717, 1.165) is 31.4 Å². The van der Waals surface area contributed by atoms with E-state index in [4.69, 9.17) is 17.0 Å². The first-order valence-electron chi connectivity index (χ1n) is 8.61. The number of ether oxygens (including phenoxy) is 1. The fraction of sp³-hybridized carbons (Fsp3) is 0.500. The lowest BCUT2D eigenvalue weighted by atomic mass is 9.85. The van der Waals surface area contributed by atoms with Gasteiger partial charge in [0, 0.05) is 11.7 Å². The summed E-state index contributed by atoms with van der Waals surface area (Å²) in [4.78, 5) is 26.4. The second-order valence-electron chi connectivity index (χ2n) is 6.47. The number of hydrogen-bond acceptors (Lipinski definition) is 4. The Balaban J connectivity index is 1.85. The van der Waals surface area contributed by atoms with Gasteiger partial charge in [-0.05, 0) is 37.2 Å². The molecule has 1 amide bonds. The largest absolute Gasteiger partial charge is 0.469 e. The van der Waals surface area contributed by atoms with Gasteiger partial charge in [-0.25, -0.2) is 0 Å². The molecule has 3 rings (SSSR count). The number of nitrogens with one attached hydrogen (secondary N) is 2. The van der Waals surface area contributed by atoms with Crippen LogP contribution < -0.4 is 10.6 Å². The van der Waals surface area contributed by atoms with E-state index in [2.05, 4.69) is 10.6 Å². The lowest BCUT2D eigenvalue weighted by Gasteiger charge is -2.49. The van der Waals surface area contributed by atoms with Crippen molar-refractivity contribution >= 4 is 34.9 Å². The molecule has 25 heavy (non-hydrogen) atoms. The molecule has 0 aromatic heterocycles. The molecule has 134 valence electrons. The minimum Gasteiger partial charge on any atom is -0.469 e. The van der Waals surface area contributed by atoms with Crippen LogP contribution in [0.1, 0.15) is 32.1 Å². The maximum Gasteiger partial charge on any atom is 0.308 e. The molecule has 1 aliphatic heterocycles. The van der Waals surface area contributed by atoms with Crippen LogP contribution in [-0.2, 0) is 14.3 Å². The monoisotopic (exact) mass is 361 g/mol. The summed E-state index contributed by atoms with van der Waals surface area (Å²) >= 11 is 5.63. The van der Waals surface area contributed by atoms with Crippen molar-refractivity contribution in [3.05, 3.63) is 30.3 Å². The maximum absolute atomic E-state index is 12.6. The third kappa shape index (κ3) is 3.92. The molecular weight excluding hydrogens is 338 g/mol. The SMILES string of the molecule is COC(=O)C[C@H]1C(=O)N[C@H]2CCCC[C@@H]2N1C(=S)Nc1ccccc1. The Hall–Kier alpha value is -2.15. The summed E-state index contributed by atoms with van der Waals surface area (Å²) in [6.45, 7) is 0. The minimum atomic E-state index is -0.643. The fourth-order valence-corrected chi connectivity index (χ4v) is 4.06. The number of rotatable bonds is 3. The van der Waals surface area contributed by atoms with E-state index in [1.807, 2.05) is 35.2 Å². The highest BCUT2D eigenvalue weighted by Crippen LogP contribution is 2.30. The van der Waals surface area contributed by atoms with Gasteiger partial charge in [0.2, 0.25) is 5.91 Å². The van der Waals surface area contributed by atoms with Crippen LogP contribution in [-0.4, -0.2) is 47.1 Å². The predicted octanol–water partition coefficient (Wildman–Crippen LogP) is 2.06. The van der Waals surface area contributed by atoms with Crippen LogP contribution in [0.15, 0.2) is 30.3 Å². The predicted molar refractivity (Wildman–Crippen MR) is 99.1 cm³/mol. The fourth-order valence-electron chi connectivity index (χ4n) is 3.68. The average Bonchev–Trinajstić information content (AvgIpc) is 2.62. The van der Waals surface area contributed by atoms with Crippen molar-refractivity contribution in [2.75, 3.05) is 12.4 Å². The van der Waals surface area contributed by atoms with Crippen molar-refractivity contribution in [3.63, 3.8) is 0 Å². The van der Waals surface area contributed by atoms with Crippen LogP contribution in [0.2, 0.25) is 0 Å². The number of carbonyl (C=O) groups is 2. The quantitative estimate of drug-likeness (QED) is 0.634. The van der Waals surface area contributed by atoms with Gasteiger partial charge < -0.3 is 20.3 Å². The van der Waals surface area contributed by atoms with Crippen molar-refractivity contribution in [1.82, 2.24) is 10.2 Å². The lowest BCUT2D eigenvalue weighted by Crippen LogP contribution is -2.68. The number of hydrogen-bond donors (Lipinski definition) is 2. The first-order chi connectivity index (χ1) is 12.1. The number of fused-ring (bicyclic) bond motifs is 1. The van der Waals surface area contributed by atoms with E-state index in [9.17, 15) is 9.59 Å². The van der Waals surface area contributed by atoms with Crippen LogP contribution in [0.25, 0.3) is 0 Å². The van der Waals surface area contributed by atoms with Crippen molar-refractivity contribution in [2.45, 2.75) is 50.2 Å². The normalized spacial score (nSPS) is 25.6. The molecule has 2 N–H and O–H groups in total. The molecule has 6 nitrogen and oxygen atoms in total. The van der Waals surface area contributed by atoms with Gasteiger partial charge in [0.05, 0.1) is 19.6 Å². The second-order valence-corrected chi connectivity index (χ2v) is 6.85. The molecule has 0 unspecified atom stereocenters. The van der Waals surface area contributed by atoms with Crippen molar-refractivity contribution < 1.29 is 14.3 Å². The van der Waals surface area contributed by atoms with E-state index in [0.29, 0.717) is 5.11 Å². The number of para-hydroxylation sites is 1. The van der Waals surface area contributed by atoms with Crippen LogP contribution in [0.5, 0.6) is 0 Å². The summed E-state index contributed by atoms with van der Waals surface area (Å²) in [6, 6.07) is 9.14. The summed E-state index contributed by atoms with van der Waals surface area (Å²) < 4.78 is 4.77. The van der Waals surface area contributed by atoms with Crippen LogP contribution >= 0.6 is 12.2 Å². The second kappa shape index (κ2) is 7.82. The molecule has 1 aromatic rings. The highest BCUT2D eigenvalue weighted by molar-refractivity contribution is 7.80. The molecule has 7 heteroatoms. The highest BCUT2D eigenvalue weighted by atomic mass is 32.1. The van der Waals surface area contributed by atoms with E-state index < -0.39 is 12.0 Å². The molecule has 1 saturated carbocycles. The molecule has 0 radical (unpaired) electrons. The molecule has 1 aromatic carbocycles. The lowest BCUT2D eigenvalue weighted by molar-refractivity contribution is -0.146.